The largest absolute Gasteiger partial charge is 0.505 e. The zero-order valence-electron chi connectivity index (χ0n) is 19.7. The monoisotopic (exact) mass is 494 g/mol. The van der Waals surface area contributed by atoms with Crippen LogP contribution < -0.4 is 0 Å². The zero-order valence-corrected chi connectivity index (χ0v) is 20.5. The van der Waals surface area contributed by atoms with Crippen LogP contribution in [0.1, 0.15) is 28.6 Å². The summed E-state index contributed by atoms with van der Waals surface area (Å²) in [6.45, 7) is 7.51. The summed E-state index contributed by atoms with van der Waals surface area (Å²) >= 11 is 6.12. The second-order valence-corrected chi connectivity index (χ2v) is 9.37. The van der Waals surface area contributed by atoms with Crippen molar-refractivity contribution < 1.29 is 19.4 Å². The number of ether oxygens (including phenoxy) is 1. The number of carbonyl (C=O) groups is 2. The molecule has 0 radical (unpaired) electrons. The van der Waals surface area contributed by atoms with Gasteiger partial charge in [-0.05, 0) is 43.2 Å². The molecule has 1 atom stereocenters. The molecule has 1 N–H and O–H groups in total. The van der Waals surface area contributed by atoms with E-state index in [4.69, 9.17) is 16.3 Å². The molecule has 0 spiro atoms. The van der Waals surface area contributed by atoms with Crippen molar-refractivity contribution >= 4 is 34.7 Å². The molecule has 9 heteroatoms. The Morgan fingerprint density at radius 1 is 1.11 bits per heavy atom. The molecular formula is C26H27ClN4O4. The Morgan fingerprint density at radius 3 is 2.54 bits per heavy atom. The van der Waals surface area contributed by atoms with Crippen molar-refractivity contribution in [2.24, 2.45) is 0 Å². The van der Waals surface area contributed by atoms with Gasteiger partial charge in [0, 0.05) is 37.4 Å². The molecule has 182 valence electrons. The molecule has 2 saturated heterocycles. The fourth-order valence-corrected chi connectivity index (χ4v) is 5.03. The van der Waals surface area contributed by atoms with Crippen molar-refractivity contribution in [1.29, 1.82) is 0 Å². The van der Waals surface area contributed by atoms with Gasteiger partial charge in [0.2, 0.25) is 0 Å². The van der Waals surface area contributed by atoms with Crippen LogP contribution in [0.25, 0.3) is 11.4 Å². The van der Waals surface area contributed by atoms with E-state index in [9.17, 15) is 14.7 Å². The number of ketones is 1. The summed E-state index contributed by atoms with van der Waals surface area (Å²) in [5.74, 6) is -1.55. The zero-order chi connectivity index (χ0) is 24.7. The molecule has 5 rings (SSSR count). The van der Waals surface area contributed by atoms with Crippen molar-refractivity contribution in [3.05, 3.63) is 75.7 Å². The summed E-state index contributed by atoms with van der Waals surface area (Å²) in [5.41, 5.74) is 3.39. The van der Waals surface area contributed by atoms with Gasteiger partial charge >= 0.3 is 0 Å². The van der Waals surface area contributed by atoms with Gasteiger partial charge < -0.3 is 14.7 Å². The molecule has 3 aromatic rings. The standard InChI is InChI=1S/C26H27ClN4O4/c1-16-4-3-9-30-21(17(2)28-25(16)30)23(32)20-22(18-5-7-19(27)8-6-18)31(26(34)24(20)33)11-10-29-12-14-35-15-13-29/h3-9,22,32H,10-15H2,1-2H3/b23-20-. The van der Waals surface area contributed by atoms with E-state index < -0.39 is 17.7 Å². The van der Waals surface area contributed by atoms with E-state index in [1.165, 1.54) is 0 Å². The van der Waals surface area contributed by atoms with Gasteiger partial charge in [-0.2, -0.15) is 0 Å². The number of pyridine rings is 1. The number of nitrogens with zero attached hydrogens (tertiary/aromatic N) is 4. The Kier molecular flexibility index (Phi) is 6.35. The molecule has 4 heterocycles. The number of Topliss-reactive ketones (excluding diaryl/α,β-unsaturated/α-hetero) is 1. The molecule has 1 unspecified atom stereocenters. The second-order valence-electron chi connectivity index (χ2n) is 8.93. The van der Waals surface area contributed by atoms with Crippen LogP contribution in [0, 0.1) is 13.8 Å². The van der Waals surface area contributed by atoms with E-state index in [1.807, 2.05) is 19.1 Å². The number of aliphatic hydroxyl groups is 1. The average molecular weight is 495 g/mol. The first-order valence-corrected chi connectivity index (χ1v) is 12.0. The van der Waals surface area contributed by atoms with Gasteiger partial charge in [0.25, 0.3) is 11.7 Å². The van der Waals surface area contributed by atoms with Gasteiger partial charge in [0.05, 0.1) is 30.5 Å². The number of aliphatic hydroxyl groups excluding tert-OH is 1. The van der Waals surface area contributed by atoms with Crippen LogP contribution in [0.15, 0.2) is 48.2 Å². The van der Waals surface area contributed by atoms with Crippen LogP contribution in [0.5, 0.6) is 0 Å². The Balaban J connectivity index is 1.62. The highest BCUT2D eigenvalue weighted by atomic mass is 35.5. The summed E-state index contributed by atoms with van der Waals surface area (Å²) in [5, 5.41) is 12.1. The third kappa shape index (κ3) is 4.22. The lowest BCUT2D eigenvalue weighted by Crippen LogP contribution is -2.42. The summed E-state index contributed by atoms with van der Waals surface area (Å²) in [7, 11) is 0. The van der Waals surface area contributed by atoms with E-state index >= 15 is 0 Å². The van der Waals surface area contributed by atoms with E-state index in [0.29, 0.717) is 53.9 Å². The van der Waals surface area contributed by atoms with Gasteiger partial charge in [-0.3, -0.25) is 18.9 Å². The average Bonchev–Trinajstić information content (AvgIpc) is 3.33. The molecule has 1 aromatic carbocycles. The summed E-state index contributed by atoms with van der Waals surface area (Å²) in [4.78, 5) is 35.0. The third-order valence-electron chi connectivity index (χ3n) is 6.73. The lowest BCUT2D eigenvalue weighted by atomic mass is 9.96. The van der Waals surface area contributed by atoms with Gasteiger partial charge in [0.1, 0.15) is 11.3 Å². The van der Waals surface area contributed by atoms with E-state index in [0.717, 1.165) is 18.7 Å². The lowest BCUT2D eigenvalue weighted by molar-refractivity contribution is -0.140. The van der Waals surface area contributed by atoms with E-state index in [1.54, 1.807) is 46.7 Å². The smallest absolute Gasteiger partial charge is 0.295 e. The summed E-state index contributed by atoms with van der Waals surface area (Å²) in [6, 6.07) is 10.1. The molecule has 0 saturated carbocycles. The number of imidazole rings is 1. The minimum Gasteiger partial charge on any atom is -0.505 e. The normalized spacial score (nSPS) is 20.8. The summed E-state index contributed by atoms with van der Waals surface area (Å²) < 4.78 is 7.18. The molecule has 2 fully saturated rings. The number of amides is 1. The van der Waals surface area contributed by atoms with Crippen molar-refractivity contribution in [3.63, 3.8) is 0 Å². The highest BCUT2D eigenvalue weighted by molar-refractivity contribution is 6.46. The maximum Gasteiger partial charge on any atom is 0.295 e. The second kappa shape index (κ2) is 9.45. The van der Waals surface area contributed by atoms with Crippen LogP contribution >= 0.6 is 11.6 Å². The highest BCUT2D eigenvalue weighted by Gasteiger charge is 2.46. The number of aromatic nitrogens is 2. The number of morpholine rings is 1. The third-order valence-corrected chi connectivity index (χ3v) is 6.98. The van der Waals surface area contributed by atoms with Crippen molar-refractivity contribution in [3.8, 4) is 0 Å². The topological polar surface area (TPSA) is 87.4 Å². The molecule has 8 nitrogen and oxygen atoms in total. The SMILES string of the molecule is Cc1nc2c(C)cccn2c1/C(O)=C1/C(=O)C(=O)N(CCN2CCOCC2)C1c1ccc(Cl)cc1. The number of carbonyl (C=O) groups excluding carboxylic acids is 2. The quantitative estimate of drug-likeness (QED) is 0.332. The number of hydrogen-bond donors (Lipinski definition) is 1. The van der Waals surface area contributed by atoms with Crippen LogP contribution in [0.4, 0.5) is 0 Å². The fraction of sp³-hybridized carbons (Fsp3) is 0.346. The molecule has 0 bridgehead atoms. The highest BCUT2D eigenvalue weighted by Crippen LogP contribution is 2.40. The van der Waals surface area contributed by atoms with Crippen molar-refractivity contribution in [2.45, 2.75) is 19.9 Å². The number of halogens is 1. The summed E-state index contributed by atoms with van der Waals surface area (Å²) in [6.07, 6.45) is 1.79. The Labute approximate surface area is 208 Å². The van der Waals surface area contributed by atoms with Crippen LogP contribution in [0.2, 0.25) is 5.02 Å². The predicted octanol–water partition coefficient (Wildman–Crippen LogP) is 3.36. The fourth-order valence-electron chi connectivity index (χ4n) is 4.91. The van der Waals surface area contributed by atoms with E-state index in [2.05, 4.69) is 9.88 Å². The molecule has 2 aliphatic rings. The minimum atomic E-state index is -0.733. The van der Waals surface area contributed by atoms with Crippen molar-refractivity contribution in [1.82, 2.24) is 19.2 Å². The number of likely N-dealkylation sites (tertiary alicyclic amines) is 1. The van der Waals surface area contributed by atoms with Crippen LogP contribution in [-0.4, -0.2) is 75.4 Å². The van der Waals surface area contributed by atoms with Crippen LogP contribution in [0.3, 0.4) is 0 Å². The number of rotatable bonds is 5. The van der Waals surface area contributed by atoms with Crippen LogP contribution in [-0.2, 0) is 14.3 Å². The molecule has 2 aliphatic heterocycles. The maximum absolute atomic E-state index is 13.4. The number of aryl methyl sites for hydroxylation is 2. The Morgan fingerprint density at radius 2 is 1.83 bits per heavy atom. The first-order chi connectivity index (χ1) is 16.9. The maximum atomic E-state index is 13.4. The van der Waals surface area contributed by atoms with E-state index in [-0.39, 0.29) is 11.3 Å². The first kappa shape index (κ1) is 23.5. The molecule has 2 aromatic heterocycles. The molecule has 0 aliphatic carbocycles. The van der Waals surface area contributed by atoms with Gasteiger partial charge in [-0.15, -0.1) is 0 Å². The van der Waals surface area contributed by atoms with Crippen molar-refractivity contribution in [2.75, 3.05) is 39.4 Å². The Hall–Kier alpha value is -3.20. The van der Waals surface area contributed by atoms with Gasteiger partial charge in [0.15, 0.2) is 5.76 Å². The number of fused-ring (bicyclic) bond motifs is 1. The van der Waals surface area contributed by atoms with Gasteiger partial charge in [-0.1, -0.05) is 29.8 Å². The molecular weight excluding hydrogens is 468 g/mol. The Bertz CT molecular complexity index is 1330. The number of hydrogen-bond acceptors (Lipinski definition) is 6. The first-order valence-electron chi connectivity index (χ1n) is 11.7. The predicted molar refractivity (Wildman–Crippen MR) is 132 cm³/mol. The number of benzene rings is 1. The minimum absolute atomic E-state index is 0.0608. The molecule has 35 heavy (non-hydrogen) atoms. The lowest BCUT2D eigenvalue weighted by Gasteiger charge is -2.31. The molecule has 1 amide bonds. The van der Waals surface area contributed by atoms with Gasteiger partial charge in [-0.25, -0.2) is 4.98 Å².